The van der Waals surface area contributed by atoms with Gasteiger partial charge in [0, 0.05) is 40.7 Å². The summed E-state index contributed by atoms with van der Waals surface area (Å²) in [7, 11) is 0. The van der Waals surface area contributed by atoms with E-state index in [1.807, 2.05) is 23.9 Å². The van der Waals surface area contributed by atoms with Gasteiger partial charge in [-0.3, -0.25) is 4.79 Å². The third-order valence-electron chi connectivity index (χ3n) is 5.75. The number of rotatable bonds is 5. The maximum absolute atomic E-state index is 11.8. The highest BCUT2D eigenvalue weighted by atomic mass is 35.5. The van der Waals surface area contributed by atoms with Crippen molar-refractivity contribution in [2.75, 3.05) is 6.26 Å². The maximum atomic E-state index is 11.8. The van der Waals surface area contributed by atoms with Gasteiger partial charge in [0.1, 0.15) is 6.10 Å². The topological polar surface area (TPSA) is 31.2 Å². The summed E-state index contributed by atoms with van der Waals surface area (Å²) in [4.78, 5) is 13.2. The number of carbonyl (C=O) groups is 1. The molecule has 3 aromatic rings. The van der Waals surface area contributed by atoms with Crippen LogP contribution in [-0.2, 0) is 28.9 Å². The van der Waals surface area contributed by atoms with E-state index in [0.29, 0.717) is 0 Å². The van der Waals surface area contributed by atoms with Crippen molar-refractivity contribution in [1.82, 2.24) is 4.57 Å². The summed E-state index contributed by atoms with van der Waals surface area (Å²) >= 11 is 7.92. The Hall–Kier alpha value is -1.91. The van der Waals surface area contributed by atoms with E-state index in [1.54, 1.807) is 0 Å². The molecule has 0 radical (unpaired) electrons. The summed E-state index contributed by atoms with van der Waals surface area (Å²) in [5.74, 6) is -0.217. The van der Waals surface area contributed by atoms with E-state index < -0.39 is 0 Å². The normalized spacial score (nSPS) is 16.1. The second-order valence-corrected chi connectivity index (χ2v) is 8.82. The molecule has 0 fully saturated rings. The first-order valence-corrected chi connectivity index (χ1v) is 11.8. The van der Waals surface area contributed by atoms with Crippen molar-refractivity contribution in [1.29, 1.82) is 0 Å². The number of hydrogen-bond donors (Lipinski definition) is 0. The Bertz CT molecular complexity index is 1060. The van der Waals surface area contributed by atoms with Crippen LogP contribution in [-0.4, -0.2) is 16.8 Å². The van der Waals surface area contributed by atoms with Crippen LogP contribution >= 0.6 is 23.4 Å². The Labute approximate surface area is 181 Å². The number of thioether (sulfide) groups is 1. The van der Waals surface area contributed by atoms with Gasteiger partial charge in [-0.05, 0) is 60.4 Å². The average Bonchev–Trinajstić information content (AvgIpc) is 3.03. The Morgan fingerprint density at radius 2 is 2.00 bits per heavy atom. The first-order chi connectivity index (χ1) is 14.0. The molecule has 5 heteroatoms. The van der Waals surface area contributed by atoms with Gasteiger partial charge in [0.25, 0.3) is 0 Å². The first kappa shape index (κ1) is 20.4. The number of hydrogen-bond acceptors (Lipinski definition) is 3. The van der Waals surface area contributed by atoms with Crippen molar-refractivity contribution in [2.45, 2.75) is 57.1 Å². The molecule has 1 aliphatic rings. The highest BCUT2D eigenvalue weighted by Crippen LogP contribution is 2.43. The van der Waals surface area contributed by atoms with Crippen molar-refractivity contribution in [3.05, 3.63) is 63.8 Å². The molecule has 3 nitrogen and oxygen atoms in total. The van der Waals surface area contributed by atoms with Gasteiger partial charge in [0.2, 0.25) is 0 Å². The smallest absolute Gasteiger partial charge is 0.303 e. The lowest BCUT2D eigenvalue weighted by Gasteiger charge is -2.26. The third kappa shape index (κ3) is 3.80. The minimum absolute atomic E-state index is 0.185. The monoisotopic (exact) mass is 427 g/mol. The number of halogens is 1. The van der Waals surface area contributed by atoms with E-state index >= 15 is 0 Å². The average molecular weight is 428 g/mol. The molecule has 29 heavy (non-hydrogen) atoms. The molecule has 0 amide bonds. The summed E-state index contributed by atoms with van der Waals surface area (Å²) in [6.07, 6.45) is 5.66. The molecule has 4 rings (SSSR count). The lowest BCUT2D eigenvalue weighted by atomic mass is 9.96. The predicted molar refractivity (Wildman–Crippen MR) is 121 cm³/mol. The third-order valence-corrected chi connectivity index (χ3v) is 6.88. The molecule has 0 saturated heterocycles. The molecule has 1 unspecified atom stereocenters. The Kier molecular flexibility index (Phi) is 5.93. The zero-order chi connectivity index (χ0) is 20.5. The lowest BCUT2D eigenvalue weighted by Crippen LogP contribution is -2.20. The van der Waals surface area contributed by atoms with Crippen molar-refractivity contribution in [2.24, 2.45) is 0 Å². The first-order valence-electron chi connectivity index (χ1n) is 10.2. The molecular formula is C24H26ClNO2S. The maximum Gasteiger partial charge on any atom is 0.303 e. The number of fused-ring (bicyclic) bond motifs is 3. The molecule has 0 bridgehead atoms. The highest BCUT2D eigenvalue weighted by Gasteiger charge is 2.30. The minimum atomic E-state index is -0.217. The quantitative estimate of drug-likeness (QED) is 0.341. The minimum Gasteiger partial charge on any atom is -0.456 e. The number of benzene rings is 2. The molecule has 2 aromatic carbocycles. The summed E-state index contributed by atoms with van der Waals surface area (Å²) < 4.78 is 8.17. The van der Waals surface area contributed by atoms with Crippen molar-refractivity contribution < 1.29 is 9.53 Å². The Morgan fingerprint density at radius 1 is 1.24 bits per heavy atom. The van der Waals surface area contributed by atoms with Gasteiger partial charge in [-0.15, -0.1) is 11.8 Å². The van der Waals surface area contributed by atoms with Gasteiger partial charge in [-0.25, -0.2) is 0 Å². The SMILES string of the molecule is CCc1ccc2c(c(Cc3ccc(Cl)cc3)c3n2CCCC3OC(C)=O)c1SC. The standard InChI is InChI=1S/C24H26ClNO2S/c1-4-17-9-12-20-22(24(17)29-3)19(14-16-7-10-18(25)11-8-16)23-21(28-15(2)27)6-5-13-26(20)23/h7-12,21H,4-6,13-14H2,1-3H3. The van der Waals surface area contributed by atoms with Crippen LogP contribution in [0.25, 0.3) is 10.9 Å². The van der Waals surface area contributed by atoms with E-state index in [9.17, 15) is 4.79 Å². The fourth-order valence-corrected chi connectivity index (χ4v) is 5.58. The number of aromatic nitrogens is 1. The van der Waals surface area contributed by atoms with Gasteiger partial charge in [0.15, 0.2) is 0 Å². The van der Waals surface area contributed by atoms with Crippen LogP contribution in [0.5, 0.6) is 0 Å². The van der Waals surface area contributed by atoms with Crippen LogP contribution in [0.3, 0.4) is 0 Å². The summed E-state index contributed by atoms with van der Waals surface area (Å²) in [6, 6.07) is 12.6. The van der Waals surface area contributed by atoms with E-state index in [0.717, 1.165) is 37.3 Å². The lowest BCUT2D eigenvalue weighted by molar-refractivity contribution is -0.147. The van der Waals surface area contributed by atoms with E-state index in [4.69, 9.17) is 16.3 Å². The van der Waals surface area contributed by atoms with Crippen LogP contribution < -0.4 is 0 Å². The summed E-state index contributed by atoms with van der Waals surface area (Å²) in [6.45, 7) is 4.67. The molecule has 152 valence electrons. The van der Waals surface area contributed by atoms with Crippen LogP contribution in [0.1, 0.15) is 55.2 Å². The highest BCUT2D eigenvalue weighted by molar-refractivity contribution is 7.98. The molecule has 0 aliphatic carbocycles. The molecular weight excluding hydrogens is 402 g/mol. The van der Waals surface area contributed by atoms with Gasteiger partial charge in [-0.2, -0.15) is 0 Å². The van der Waals surface area contributed by atoms with Crippen molar-refractivity contribution in [3.8, 4) is 0 Å². The summed E-state index contributed by atoms with van der Waals surface area (Å²) in [5.41, 5.74) is 6.29. The fourth-order valence-electron chi connectivity index (χ4n) is 4.55. The largest absolute Gasteiger partial charge is 0.456 e. The van der Waals surface area contributed by atoms with E-state index in [2.05, 4.69) is 42.0 Å². The second kappa shape index (κ2) is 8.45. The number of ether oxygens (including phenoxy) is 1. The van der Waals surface area contributed by atoms with E-state index in [1.165, 1.54) is 45.1 Å². The second-order valence-electron chi connectivity index (χ2n) is 7.56. The fraction of sp³-hybridized carbons (Fsp3) is 0.375. The number of carbonyl (C=O) groups excluding carboxylic acids is 1. The van der Waals surface area contributed by atoms with Crippen LogP contribution in [0.4, 0.5) is 0 Å². The van der Waals surface area contributed by atoms with Crippen LogP contribution in [0.15, 0.2) is 41.3 Å². The van der Waals surface area contributed by atoms with Crippen LogP contribution in [0.2, 0.25) is 5.02 Å². The van der Waals surface area contributed by atoms with E-state index in [-0.39, 0.29) is 12.1 Å². The van der Waals surface area contributed by atoms with Crippen LogP contribution in [0, 0.1) is 0 Å². The predicted octanol–water partition coefficient (Wildman–Crippen LogP) is 6.57. The van der Waals surface area contributed by atoms with Gasteiger partial charge in [-0.1, -0.05) is 36.7 Å². The number of aryl methyl sites for hydroxylation is 2. The number of esters is 1. The molecule has 1 aliphatic heterocycles. The molecule has 2 heterocycles. The number of nitrogens with zero attached hydrogens (tertiary/aromatic N) is 1. The van der Waals surface area contributed by atoms with Gasteiger partial charge >= 0.3 is 5.97 Å². The van der Waals surface area contributed by atoms with Gasteiger partial charge < -0.3 is 9.30 Å². The molecule has 1 aromatic heterocycles. The zero-order valence-electron chi connectivity index (χ0n) is 17.1. The molecule has 1 atom stereocenters. The Morgan fingerprint density at radius 3 is 2.66 bits per heavy atom. The van der Waals surface area contributed by atoms with Crippen molar-refractivity contribution in [3.63, 3.8) is 0 Å². The van der Waals surface area contributed by atoms with Crippen molar-refractivity contribution >= 4 is 40.2 Å². The molecule has 0 saturated carbocycles. The summed E-state index contributed by atoms with van der Waals surface area (Å²) in [5, 5.41) is 2.06. The zero-order valence-corrected chi connectivity index (χ0v) is 18.7. The molecule has 0 N–H and O–H groups in total. The Balaban J connectivity index is 1.98. The van der Waals surface area contributed by atoms with Gasteiger partial charge in [0.05, 0.1) is 5.69 Å². The molecule has 0 spiro atoms.